The van der Waals surface area contributed by atoms with Crippen molar-refractivity contribution in [3.05, 3.63) is 24.4 Å². The Hall–Kier alpha value is -1.25. The lowest BCUT2D eigenvalue weighted by Crippen LogP contribution is -2.58. The van der Waals surface area contributed by atoms with Crippen molar-refractivity contribution >= 4 is 33.5 Å². The fourth-order valence-electron chi connectivity index (χ4n) is 2.99. The highest BCUT2D eigenvalue weighted by Crippen LogP contribution is 2.33. The number of likely N-dealkylation sites (N-methyl/N-ethyl adjacent to an activating group) is 1. The van der Waals surface area contributed by atoms with Gasteiger partial charge in [0.25, 0.3) is 0 Å². The summed E-state index contributed by atoms with van der Waals surface area (Å²) in [4.78, 5) is 33.0. The molecule has 0 aliphatic carbocycles. The van der Waals surface area contributed by atoms with E-state index in [2.05, 4.69) is 23.9 Å². The number of aromatic nitrogens is 1. The lowest BCUT2D eigenvalue weighted by molar-refractivity contribution is -0.151. The molecule has 1 aromatic rings. The van der Waals surface area contributed by atoms with E-state index in [9.17, 15) is 14.7 Å². The van der Waals surface area contributed by atoms with Crippen LogP contribution >= 0.6 is 21.6 Å². The van der Waals surface area contributed by atoms with Crippen LogP contribution in [0.4, 0.5) is 0 Å². The minimum absolute atomic E-state index is 0.0542. The molecule has 8 heteroatoms. The zero-order valence-electron chi connectivity index (χ0n) is 15.7. The van der Waals surface area contributed by atoms with Gasteiger partial charge in [-0.1, -0.05) is 23.8 Å². The van der Waals surface area contributed by atoms with E-state index in [1.54, 1.807) is 13.1 Å². The van der Waals surface area contributed by atoms with Gasteiger partial charge in [0, 0.05) is 37.1 Å². The molecule has 2 heterocycles. The zero-order valence-corrected chi connectivity index (χ0v) is 17.3. The number of aliphatic carboxylic acids is 1. The highest BCUT2D eigenvalue weighted by molar-refractivity contribution is 8.76. The number of carboxylic acid groups (broad SMARTS) is 1. The van der Waals surface area contributed by atoms with Gasteiger partial charge in [-0.3, -0.25) is 14.5 Å². The summed E-state index contributed by atoms with van der Waals surface area (Å²) < 4.78 is 0. The van der Waals surface area contributed by atoms with Crippen molar-refractivity contribution in [2.24, 2.45) is 11.8 Å². The highest BCUT2D eigenvalue weighted by atomic mass is 33.1. The molecule has 4 unspecified atom stereocenters. The first-order valence-corrected chi connectivity index (χ1v) is 11.1. The predicted octanol–water partition coefficient (Wildman–Crippen LogP) is 2.71. The molecule has 1 aromatic heterocycles. The number of amides is 1. The number of pyridine rings is 1. The number of carboxylic acids is 1. The fraction of sp³-hybridized carbons (Fsp3) is 0.611. The summed E-state index contributed by atoms with van der Waals surface area (Å²) >= 11 is 0. The number of carbonyl (C=O) groups excluding carboxylic acids is 1. The molecule has 0 aromatic carbocycles. The SMILES string of the molecule is CC(C(=O)O)C(CSSc1ccccn1)C(=O)N1CC(C)N(C)CC1C. The maximum atomic E-state index is 13.2. The van der Waals surface area contributed by atoms with E-state index >= 15 is 0 Å². The van der Waals surface area contributed by atoms with E-state index in [1.165, 1.54) is 21.6 Å². The Kier molecular flexibility index (Phi) is 7.79. The molecule has 1 amide bonds. The molecule has 0 radical (unpaired) electrons. The number of rotatable bonds is 7. The van der Waals surface area contributed by atoms with E-state index in [4.69, 9.17) is 0 Å². The third kappa shape index (κ3) is 5.37. The van der Waals surface area contributed by atoms with Crippen LogP contribution in [0.25, 0.3) is 0 Å². The molecular weight excluding hydrogens is 370 g/mol. The monoisotopic (exact) mass is 397 g/mol. The Balaban J connectivity index is 2.05. The van der Waals surface area contributed by atoms with Gasteiger partial charge in [0.2, 0.25) is 5.91 Å². The molecule has 0 spiro atoms. The summed E-state index contributed by atoms with van der Waals surface area (Å²) in [6.45, 7) is 7.18. The lowest BCUT2D eigenvalue weighted by atomic mass is 9.93. The average molecular weight is 398 g/mol. The third-order valence-corrected chi connectivity index (χ3v) is 7.22. The maximum Gasteiger partial charge on any atom is 0.307 e. The Bertz CT molecular complexity index is 617. The van der Waals surface area contributed by atoms with Gasteiger partial charge in [0.15, 0.2) is 0 Å². The van der Waals surface area contributed by atoms with Crippen LogP contribution in [-0.4, -0.2) is 69.7 Å². The number of carbonyl (C=O) groups is 2. The molecule has 6 nitrogen and oxygen atoms in total. The van der Waals surface area contributed by atoms with Crippen molar-refractivity contribution in [3.63, 3.8) is 0 Å². The van der Waals surface area contributed by atoms with Gasteiger partial charge in [-0.25, -0.2) is 4.98 Å². The minimum Gasteiger partial charge on any atom is -0.481 e. The predicted molar refractivity (Wildman–Crippen MR) is 106 cm³/mol. The second-order valence-electron chi connectivity index (χ2n) is 6.90. The normalized spacial score (nSPS) is 23.5. The second kappa shape index (κ2) is 9.62. The first-order chi connectivity index (χ1) is 12.3. The van der Waals surface area contributed by atoms with E-state index in [-0.39, 0.29) is 18.0 Å². The number of hydrogen-bond acceptors (Lipinski definition) is 6. The smallest absolute Gasteiger partial charge is 0.307 e. The number of hydrogen-bond donors (Lipinski definition) is 1. The Labute approximate surface area is 163 Å². The van der Waals surface area contributed by atoms with E-state index in [1.807, 2.05) is 30.0 Å². The van der Waals surface area contributed by atoms with E-state index in [0.29, 0.717) is 12.3 Å². The van der Waals surface area contributed by atoms with Gasteiger partial charge in [-0.2, -0.15) is 0 Å². The summed E-state index contributed by atoms with van der Waals surface area (Å²) in [6.07, 6.45) is 1.72. The van der Waals surface area contributed by atoms with Gasteiger partial charge < -0.3 is 10.0 Å². The van der Waals surface area contributed by atoms with Crippen LogP contribution in [0.1, 0.15) is 20.8 Å². The van der Waals surface area contributed by atoms with Gasteiger partial charge in [-0.15, -0.1) is 0 Å². The molecule has 1 aliphatic heterocycles. The van der Waals surface area contributed by atoms with Gasteiger partial charge in [0.05, 0.1) is 11.8 Å². The largest absolute Gasteiger partial charge is 0.481 e. The van der Waals surface area contributed by atoms with Crippen molar-refractivity contribution in [2.45, 2.75) is 37.9 Å². The average Bonchev–Trinajstić information content (AvgIpc) is 2.61. The van der Waals surface area contributed by atoms with Crippen molar-refractivity contribution in [1.29, 1.82) is 0 Å². The van der Waals surface area contributed by atoms with Crippen LogP contribution in [0, 0.1) is 11.8 Å². The zero-order chi connectivity index (χ0) is 19.3. The van der Waals surface area contributed by atoms with Crippen LogP contribution in [0.15, 0.2) is 29.4 Å². The molecule has 4 atom stereocenters. The Morgan fingerprint density at radius 1 is 1.31 bits per heavy atom. The van der Waals surface area contributed by atoms with Crippen molar-refractivity contribution < 1.29 is 14.7 Å². The molecular formula is C18H27N3O3S2. The van der Waals surface area contributed by atoms with Crippen molar-refractivity contribution in [1.82, 2.24) is 14.8 Å². The van der Waals surface area contributed by atoms with E-state index in [0.717, 1.165) is 11.6 Å². The fourth-order valence-corrected chi connectivity index (χ4v) is 5.29. The van der Waals surface area contributed by atoms with E-state index < -0.39 is 17.8 Å². The first kappa shape index (κ1) is 21.1. The first-order valence-electron chi connectivity index (χ1n) is 8.75. The van der Waals surface area contributed by atoms with Crippen LogP contribution < -0.4 is 0 Å². The third-order valence-electron chi connectivity index (χ3n) is 4.92. The quantitative estimate of drug-likeness (QED) is 0.709. The van der Waals surface area contributed by atoms with Crippen molar-refractivity contribution in [2.75, 3.05) is 25.9 Å². The molecule has 1 N–H and O–H groups in total. The van der Waals surface area contributed by atoms with Crippen LogP contribution in [0.2, 0.25) is 0 Å². The van der Waals surface area contributed by atoms with Gasteiger partial charge >= 0.3 is 5.97 Å². The molecule has 1 fully saturated rings. The topological polar surface area (TPSA) is 73.7 Å². The standard InChI is InChI=1S/C18H27N3O3S2/c1-12-10-21(13(2)9-20(12)4)17(22)15(14(3)18(23)24)11-25-26-16-7-5-6-8-19-16/h5-8,12-15H,9-11H2,1-4H3,(H,23,24). The second-order valence-corrected chi connectivity index (χ2v) is 9.26. The summed E-state index contributed by atoms with van der Waals surface area (Å²) in [7, 11) is 5.02. The summed E-state index contributed by atoms with van der Waals surface area (Å²) in [5, 5.41) is 10.3. The van der Waals surface area contributed by atoms with Crippen LogP contribution in [0.5, 0.6) is 0 Å². The Morgan fingerprint density at radius 2 is 2.04 bits per heavy atom. The lowest BCUT2D eigenvalue weighted by Gasteiger charge is -2.44. The summed E-state index contributed by atoms with van der Waals surface area (Å²) in [5.74, 6) is -1.81. The molecule has 144 valence electrons. The molecule has 1 aliphatic rings. The molecule has 26 heavy (non-hydrogen) atoms. The van der Waals surface area contributed by atoms with Crippen LogP contribution in [-0.2, 0) is 9.59 Å². The molecule has 0 saturated carbocycles. The van der Waals surface area contributed by atoms with Crippen molar-refractivity contribution in [3.8, 4) is 0 Å². The minimum atomic E-state index is -0.929. The van der Waals surface area contributed by atoms with Crippen LogP contribution in [0.3, 0.4) is 0 Å². The molecule has 0 bridgehead atoms. The maximum absolute atomic E-state index is 13.2. The molecule has 2 rings (SSSR count). The number of nitrogens with zero attached hydrogens (tertiary/aromatic N) is 3. The summed E-state index contributed by atoms with van der Waals surface area (Å²) in [6, 6.07) is 6.02. The highest BCUT2D eigenvalue weighted by Gasteiger charge is 2.38. The van der Waals surface area contributed by atoms with Gasteiger partial charge in [-0.05, 0) is 43.8 Å². The Morgan fingerprint density at radius 3 is 2.65 bits per heavy atom. The number of piperazine rings is 1. The molecule has 1 saturated heterocycles. The summed E-state index contributed by atoms with van der Waals surface area (Å²) in [5.41, 5.74) is 0. The van der Waals surface area contributed by atoms with Gasteiger partial charge in [0.1, 0.15) is 5.03 Å².